The number of hydrogen-bond donors (Lipinski definition) is 1. The minimum absolute atomic E-state index is 0.0174. The van der Waals surface area contributed by atoms with E-state index in [2.05, 4.69) is 9.97 Å². The number of carbonyl (C=O) groups is 2. The number of benzene rings is 1. The smallest absolute Gasteiger partial charge is 0.414 e. The third-order valence-corrected chi connectivity index (χ3v) is 6.75. The Morgan fingerprint density at radius 2 is 1.78 bits per heavy atom. The number of nitrogens with zero attached hydrogens (tertiary/aromatic N) is 5. The molecular formula is C29H27F2N5O5. The van der Waals surface area contributed by atoms with Crippen molar-refractivity contribution in [3.63, 3.8) is 0 Å². The molecule has 0 atom stereocenters. The first-order chi connectivity index (χ1) is 19.2. The molecule has 0 bridgehead atoms. The maximum Gasteiger partial charge on any atom is 0.414 e. The number of carbonyl (C=O) groups excluding carboxylic acids is 1. The molecule has 0 fully saturated rings. The molecule has 12 heteroatoms. The molecule has 1 aliphatic carbocycles. The van der Waals surface area contributed by atoms with E-state index in [0.29, 0.717) is 33.6 Å². The van der Waals surface area contributed by atoms with Gasteiger partial charge in [0.1, 0.15) is 16.8 Å². The predicted octanol–water partition coefficient (Wildman–Crippen LogP) is 4.74. The Hall–Kier alpha value is -4.87. The van der Waals surface area contributed by atoms with Crippen LogP contribution in [-0.4, -0.2) is 58.3 Å². The molecular weight excluding hydrogens is 536 g/mol. The molecule has 10 nitrogen and oxygen atoms in total. The van der Waals surface area contributed by atoms with Crippen LogP contribution in [0.1, 0.15) is 42.4 Å². The van der Waals surface area contributed by atoms with Gasteiger partial charge < -0.3 is 14.7 Å². The molecule has 0 spiro atoms. The van der Waals surface area contributed by atoms with Crippen LogP contribution in [0.4, 0.5) is 25.0 Å². The number of hydrogen-bond acceptors (Lipinski definition) is 7. The van der Waals surface area contributed by atoms with Crippen LogP contribution in [-0.2, 0) is 11.2 Å². The largest absolute Gasteiger partial charge is 0.477 e. The van der Waals surface area contributed by atoms with Crippen molar-refractivity contribution in [3.05, 3.63) is 75.6 Å². The van der Waals surface area contributed by atoms with Crippen LogP contribution >= 0.6 is 0 Å². The lowest BCUT2D eigenvalue weighted by Crippen LogP contribution is -2.34. The number of aromatic nitrogens is 3. The number of aromatic carboxylic acids is 1. The minimum Gasteiger partial charge on any atom is -0.477 e. The molecule has 0 saturated heterocycles. The van der Waals surface area contributed by atoms with Crippen molar-refractivity contribution in [2.75, 3.05) is 30.9 Å². The Morgan fingerprint density at radius 3 is 2.41 bits per heavy atom. The lowest BCUT2D eigenvalue weighted by molar-refractivity contribution is 0.0588. The van der Waals surface area contributed by atoms with Crippen LogP contribution in [0.15, 0.2) is 41.6 Å². The third kappa shape index (κ3) is 4.64. The average Bonchev–Trinajstić information content (AvgIpc) is 3.28. The number of anilines is 2. The number of amides is 1. The van der Waals surface area contributed by atoms with E-state index < -0.39 is 40.4 Å². The highest BCUT2D eigenvalue weighted by Gasteiger charge is 2.35. The van der Waals surface area contributed by atoms with Gasteiger partial charge in [0.15, 0.2) is 11.6 Å². The first-order valence-corrected chi connectivity index (χ1v) is 12.6. The van der Waals surface area contributed by atoms with Crippen LogP contribution in [0.2, 0.25) is 0 Å². The number of carboxylic acid groups (broad SMARTS) is 1. The molecule has 0 saturated carbocycles. The highest BCUT2D eigenvalue weighted by atomic mass is 19.2. The Morgan fingerprint density at radius 1 is 1.07 bits per heavy atom. The van der Waals surface area contributed by atoms with Crippen LogP contribution in [0.5, 0.6) is 0 Å². The number of fused-ring (bicyclic) bond motifs is 4. The van der Waals surface area contributed by atoms with E-state index in [0.717, 1.165) is 21.6 Å². The second kappa shape index (κ2) is 9.65. The summed E-state index contributed by atoms with van der Waals surface area (Å²) in [5.74, 6) is -3.62. The molecule has 5 rings (SSSR count). The van der Waals surface area contributed by atoms with E-state index in [4.69, 9.17) is 4.74 Å². The van der Waals surface area contributed by atoms with E-state index in [1.165, 1.54) is 13.2 Å². The van der Waals surface area contributed by atoms with Crippen molar-refractivity contribution >= 4 is 29.1 Å². The highest BCUT2D eigenvalue weighted by molar-refractivity contribution is 5.99. The van der Waals surface area contributed by atoms with Gasteiger partial charge in [-0.25, -0.2) is 23.4 Å². The van der Waals surface area contributed by atoms with Crippen molar-refractivity contribution in [2.45, 2.75) is 32.8 Å². The SMILES string of the molecule is CN(C)c1c(-c2ccc3ncc(C(=O)O)c(=O)n3c2)cnc2c1-c1c(F)c(F)cc(N(C)C(=O)OC(C)(C)C)c1C2. The zero-order valence-corrected chi connectivity index (χ0v) is 23.2. The van der Waals surface area contributed by atoms with E-state index >= 15 is 8.78 Å². The number of ether oxygens (including phenoxy) is 1. The maximum atomic E-state index is 15.6. The Balaban J connectivity index is 1.73. The second-order valence-electron chi connectivity index (χ2n) is 10.9. The van der Waals surface area contributed by atoms with Gasteiger partial charge in [-0.2, -0.15) is 0 Å². The van der Waals surface area contributed by atoms with Gasteiger partial charge in [-0.05, 0) is 38.5 Å². The topological polar surface area (TPSA) is 117 Å². The van der Waals surface area contributed by atoms with Crippen LogP contribution in [0.3, 0.4) is 0 Å². The Labute approximate surface area is 233 Å². The Kier molecular flexibility index (Phi) is 6.51. The molecule has 1 aliphatic rings. The fourth-order valence-corrected chi connectivity index (χ4v) is 4.98. The molecule has 3 heterocycles. The molecule has 1 aromatic carbocycles. The fraction of sp³-hybridized carbons (Fsp3) is 0.276. The van der Waals surface area contributed by atoms with E-state index in [-0.39, 0.29) is 23.3 Å². The summed E-state index contributed by atoms with van der Waals surface area (Å²) in [7, 11) is 4.90. The van der Waals surface area contributed by atoms with Crippen molar-refractivity contribution in [2.24, 2.45) is 0 Å². The van der Waals surface area contributed by atoms with Crippen molar-refractivity contribution < 1.29 is 28.2 Å². The van der Waals surface area contributed by atoms with Gasteiger partial charge in [0.2, 0.25) is 0 Å². The molecule has 41 heavy (non-hydrogen) atoms. The summed E-state index contributed by atoms with van der Waals surface area (Å²) in [6.45, 7) is 5.12. The molecule has 4 aromatic rings. The summed E-state index contributed by atoms with van der Waals surface area (Å²) >= 11 is 0. The molecule has 0 aliphatic heterocycles. The zero-order chi connectivity index (χ0) is 30.0. The van der Waals surface area contributed by atoms with Gasteiger partial charge >= 0.3 is 12.1 Å². The quantitative estimate of drug-likeness (QED) is 0.333. The number of rotatable bonds is 4. The fourth-order valence-electron chi connectivity index (χ4n) is 4.98. The summed E-state index contributed by atoms with van der Waals surface area (Å²) < 4.78 is 37.2. The first kappa shape index (κ1) is 27.7. The van der Waals surface area contributed by atoms with Crippen molar-refractivity contribution in [1.82, 2.24) is 14.4 Å². The van der Waals surface area contributed by atoms with E-state index in [1.54, 1.807) is 58.1 Å². The first-order valence-electron chi connectivity index (χ1n) is 12.6. The number of pyridine rings is 2. The molecule has 3 aromatic heterocycles. The van der Waals surface area contributed by atoms with E-state index in [1.807, 2.05) is 0 Å². The van der Waals surface area contributed by atoms with Crippen LogP contribution in [0, 0.1) is 11.6 Å². The maximum absolute atomic E-state index is 15.6. The summed E-state index contributed by atoms with van der Waals surface area (Å²) in [6.07, 6.45) is 3.41. The second-order valence-corrected chi connectivity index (χ2v) is 10.9. The molecule has 0 unspecified atom stereocenters. The van der Waals surface area contributed by atoms with Gasteiger partial charge in [-0.3, -0.25) is 19.1 Å². The van der Waals surface area contributed by atoms with Gasteiger partial charge in [0, 0.05) is 74.5 Å². The molecule has 1 N–H and O–H groups in total. The standard InChI is InChI=1S/C29H27F2N5O5/c1-29(2,3)41-28(40)35(6)20-10-18(30)24(31)22-15(20)9-19-23(22)25(34(4)5)16(11-32-19)14-7-8-21-33-12-17(27(38)39)26(37)36(21)13-14/h7-8,10-13H,9H2,1-6H3,(H,38,39). The monoisotopic (exact) mass is 563 g/mol. The number of carboxylic acids is 1. The predicted molar refractivity (Wildman–Crippen MR) is 149 cm³/mol. The summed E-state index contributed by atoms with van der Waals surface area (Å²) in [5.41, 5.74) is 0.978. The minimum atomic E-state index is -1.41. The van der Waals surface area contributed by atoms with Gasteiger partial charge in [0.05, 0.1) is 17.1 Å². The van der Waals surface area contributed by atoms with E-state index in [9.17, 15) is 19.5 Å². The summed E-state index contributed by atoms with van der Waals surface area (Å²) in [6, 6.07) is 4.21. The van der Waals surface area contributed by atoms with Crippen LogP contribution < -0.4 is 15.4 Å². The van der Waals surface area contributed by atoms with Crippen molar-refractivity contribution in [3.8, 4) is 22.3 Å². The van der Waals surface area contributed by atoms with Crippen LogP contribution in [0.25, 0.3) is 27.9 Å². The highest BCUT2D eigenvalue weighted by Crippen LogP contribution is 2.50. The lowest BCUT2D eigenvalue weighted by Gasteiger charge is -2.26. The average molecular weight is 564 g/mol. The van der Waals surface area contributed by atoms with Crippen molar-refractivity contribution in [1.29, 1.82) is 0 Å². The normalized spacial score (nSPS) is 12.2. The number of halogens is 2. The third-order valence-electron chi connectivity index (χ3n) is 6.75. The Bertz CT molecular complexity index is 1830. The van der Waals surface area contributed by atoms with Gasteiger partial charge in [-0.1, -0.05) is 0 Å². The molecule has 212 valence electrons. The summed E-state index contributed by atoms with van der Waals surface area (Å²) in [5, 5.41) is 9.36. The van der Waals surface area contributed by atoms with Gasteiger partial charge in [-0.15, -0.1) is 0 Å². The van der Waals surface area contributed by atoms with Gasteiger partial charge in [0.25, 0.3) is 5.56 Å². The lowest BCUT2D eigenvalue weighted by atomic mass is 9.97. The molecule has 0 radical (unpaired) electrons. The summed E-state index contributed by atoms with van der Waals surface area (Å²) in [4.78, 5) is 48.6. The zero-order valence-electron chi connectivity index (χ0n) is 23.2. The molecule has 1 amide bonds.